The second kappa shape index (κ2) is 8.39. The van der Waals surface area contributed by atoms with Crippen molar-refractivity contribution in [3.63, 3.8) is 0 Å². The molecule has 3 aromatic rings. The zero-order valence-corrected chi connectivity index (χ0v) is 17.2. The maximum atomic E-state index is 12.6. The number of carbonyl (C=O) groups is 2. The summed E-state index contributed by atoms with van der Waals surface area (Å²) < 4.78 is 5.30. The summed E-state index contributed by atoms with van der Waals surface area (Å²) in [6, 6.07) is 17.0. The van der Waals surface area contributed by atoms with Crippen LogP contribution in [0.25, 0.3) is 17.0 Å². The number of fused-ring (bicyclic) bond motifs is 1. The van der Waals surface area contributed by atoms with Gasteiger partial charge >= 0.3 is 5.97 Å². The Hall–Kier alpha value is -3.27. The molecule has 2 aromatic carbocycles. The fraction of sp³-hybridized carbons (Fsp3) is 0.240. The van der Waals surface area contributed by atoms with Crippen molar-refractivity contribution < 1.29 is 14.3 Å². The molecule has 29 heavy (non-hydrogen) atoms. The van der Waals surface area contributed by atoms with E-state index in [1.165, 1.54) is 6.08 Å². The molecule has 0 bridgehead atoms. The van der Waals surface area contributed by atoms with Gasteiger partial charge in [0.1, 0.15) is 0 Å². The Morgan fingerprint density at radius 3 is 2.38 bits per heavy atom. The fourth-order valence-electron chi connectivity index (χ4n) is 3.06. The lowest BCUT2D eigenvalue weighted by Crippen LogP contribution is -2.23. The number of benzene rings is 2. The summed E-state index contributed by atoms with van der Waals surface area (Å²) in [7, 11) is 0. The number of ether oxygens (including phenoxy) is 1. The van der Waals surface area contributed by atoms with E-state index in [9.17, 15) is 9.59 Å². The zero-order chi connectivity index (χ0) is 21.0. The molecular weight excluding hydrogens is 362 g/mol. The van der Waals surface area contributed by atoms with E-state index in [0.29, 0.717) is 5.56 Å². The summed E-state index contributed by atoms with van der Waals surface area (Å²) in [6.07, 6.45) is 3.84. The number of rotatable bonds is 5. The monoisotopic (exact) mass is 387 g/mol. The first-order valence-corrected chi connectivity index (χ1v) is 9.63. The summed E-state index contributed by atoms with van der Waals surface area (Å²) in [5.74, 6) is -0.788. The van der Waals surface area contributed by atoms with Crippen LogP contribution in [0.1, 0.15) is 49.2 Å². The van der Waals surface area contributed by atoms with Crippen molar-refractivity contribution in [2.24, 2.45) is 0 Å². The minimum Gasteiger partial charge on any atom is -0.451 e. The summed E-state index contributed by atoms with van der Waals surface area (Å²) in [4.78, 5) is 29.1. The van der Waals surface area contributed by atoms with E-state index in [1.54, 1.807) is 31.3 Å². The lowest BCUT2D eigenvalue weighted by Gasteiger charge is -2.19. The number of hydrogen-bond acceptors (Lipinski definition) is 4. The average molecular weight is 387 g/mol. The minimum atomic E-state index is -0.863. The second-order valence-corrected chi connectivity index (χ2v) is 8.03. The van der Waals surface area contributed by atoms with Crippen LogP contribution in [0.4, 0.5) is 0 Å². The number of nitrogens with zero attached hydrogens (tertiary/aromatic N) is 1. The van der Waals surface area contributed by atoms with E-state index in [2.05, 4.69) is 25.8 Å². The fourth-order valence-corrected chi connectivity index (χ4v) is 3.06. The molecule has 148 valence electrons. The molecular formula is C25H25NO3. The van der Waals surface area contributed by atoms with Crippen LogP contribution >= 0.6 is 0 Å². The van der Waals surface area contributed by atoms with Crippen molar-refractivity contribution in [2.45, 2.75) is 39.2 Å². The molecule has 0 radical (unpaired) electrons. The van der Waals surface area contributed by atoms with E-state index in [0.717, 1.165) is 22.0 Å². The molecule has 3 rings (SSSR count). The third-order valence-electron chi connectivity index (χ3n) is 4.76. The number of pyridine rings is 1. The molecule has 0 aliphatic rings. The molecule has 0 N–H and O–H groups in total. The van der Waals surface area contributed by atoms with E-state index in [4.69, 9.17) is 4.74 Å². The van der Waals surface area contributed by atoms with Crippen LogP contribution in [0, 0.1) is 0 Å². The van der Waals surface area contributed by atoms with Crippen LogP contribution in [0.5, 0.6) is 0 Å². The van der Waals surface area contributed by atoms with Crippen molar-refractivity contribution in [1.82, 2.24) is 4.98 Å². The molecule has 0 aliphatic heterocycles. The van der Waals surface area contributed by atoms with Crippen molar-refractivity contribution in [3.05, 3.63) is 83.6 Å². The SMILES string of the molecule is CC(OC(=O)/C=C/c1cccc2cccnc12)C(=O)c1ccc(C(C)(C)C)cc1. The molecule has 4 nitrogen and oxygen atoms in total. The molecule has 0 saturated heterocycles. The van der Waals surface area contributed by atoms with E-state index < -0.39 is 12.1 Å². The maximum absolute atomic E-state index is 12.6. The maximum Gasteiger partial charge on any atom is 0.331 e. The third kappa shape index (κ3) is 4.96. The van der Waals surface area contributed by atoms with Gasteiger partial charge in [-0.1, -0.05) is 69.3 Å². The highest BCUT2D eigenvalue weighted by Crippen LogP contribution is 2.23. The number of carbonyl (C=O) groups excluding carboxylic acids is 2. The van der Waals surface area contributed by atoms with Crippen LogP contribution in [0.3, 0.4) is 0 Å². The van der Waals surface area contributed by atoms with Gasteiger partial charge in [-0.15, -0.1) is 0 Å². The van der Waals surface area contributed by atoms with E-state index >= 15 is 0 Å². The molecule has 1 atom stereocenters. The summed E-state index contributed by atoms with van der Waals surface area (Å²) in [5, 5.41) is 0.991. The predicted molar refractivity (Wildman–Crippen MR) is 116 cm³/mol. The molecule has 0 aliphatic carbocycles. The van der Waals surface area contributed by atoms with Gasteiger partial charge in [0.25, 0.3) is 0 Å². The minimum absolute atomic E-state index is 0.0148. The number of hydrogen-bond donors (Lipinski definition) is 0. The van der Waals surface area contributed by atoms with Gasteiger partial charge in [0, 0.05) is 28.8 Å². The molecule has 0 fully saturated rings. The summed E-state index contributed by atoms with van der Waals surface area (Å²) in [6.45, 7) is 7.94. The molecule has 1 heterocycles. The van der Waals surface area contributed by atoms with Gasteiger partial charge in [0.05, 0.1) is 5.52 Å². The summed E-state index contributed by atoms with van der Waals surface area (Å²) in [5.41, 5.74) is 3.31. The topological polar surface area (TPSA) is 56.3 Å². The normalized spacial score (nSPS) is 12.8. The number of ketones is 1. The molecule has 4 heteroatoms. The molecule has 0 saturated carbocycles. The van der Waals surface area contributed by atoms with Crippen molar-refractivity contribution >= 4 is 28.7 Å². The first-order chi connectivity index (χ1) is 13.8. The number of aromatic nitrogens is 1. The highest BCUT2D eigenvalue weighted by atomic mass is 16.5. The first kappa shape index (κ1) is 20.5. The highest BCUT2D eigenvalue weighted by molar-refractivity contribution is 6.01. The Morgan fingerprint density at radius 2 is 1.69 bits per heavy atom. The van der Waals surface area contributed by atoms with Crippen LogP contribution in [0.15, 0.2) is 66.9 Å². The predicted octanol–water partition coefficient (Wildman–Crippen LogP) is 5.36. The largest absolute Gasteiger partial charge is 0.451 e. The Balaban J connectivity index is 1.67. The quantitative estimate of drug-likeness (QED) is 0.336. The highest BCUT2D eigenvalue weighted by Gasteiger charge is 2.20. The van der Waals surface area contributed by atoms with Crippen LogP contribution in [0.2, 0.25) is 0 Å². The van der Waals surface area contributed by atoms with Crippen LogP contribution in [-0.2, 0) is 14.9 Å². The van der Waals surface area contributed by atoms with Gasteiger partial charge in [-0.25, -0.2) is 4.79 Å². The number of para-hydroxylation sites is 1. The first-order valence-electron chi connectivity index (χ1n) is 9.63. The van der Waals surface area contributed by atoms with Crippen molar-refractivity contribution in [3.8, 4) is 0 Å². The number of Topliss-reactive ketones (excluding diaryl/α,β-unsaturated/α-hetero) is 1. The number of esters is 1. The molecule has 1 unspecified atom stereocenters. The Morgan fingerprint density at radius 1 is 1.00 bits per heavy atom. The molecule has 0 amide bonds. The van der Waals surface area contributed by atoms with Gasteiger partial charge in [-0.3, -0.25) is 9.78 Å². The zero-order valence-electron chi connectivity index (χ0n) is 17.2. The van der Waals surface area contributed by atoms with E-state index in [-0.39, 0.29) is 11.2 Å². The van der Waals surface area contributed by atoms with Gasteiger partial charge in [0.2, 0.25) is 5.78 Å². The Kier molecular flexibility index (Phi) is 5.92. The average Bonchev–Trinajstić information content (AvgIpc) is 2.71. The third-order valence-corrected chi connectivity index (χ3v) is 4.76. The van der Waals surface area contributed by atoms with E-state index in [1.807, 2.05) is 42.5 Å². The Bertz CT molecular complexity index is 1050. The van der Waals surface area contributed by atoms with Gasteiger partial charge in [0.15, 0.2) is 6.10 Å². The smallest absolute Gasteiger partial charge is 0.331 e. The second-order valence-electron chi connectivity index (χ2n) is 8.03. The van der Waals surface area contributed by atoms with Crippen molar-refractivity contribution in [2.75, 3.05) is 0 Å². The lowest BCUT2D eigenvalue weighted by molar-refractivity contribution is -0.140. The van der Waals surface area contributed by atoms with Crippen LogP contribution < -0.4 is 0 Å². The standard InChI is InChI=1S/C25H25NO3/c1-17(24(28)20-10-13-21(14-11-20)25(2,3)4)29-22(27)15-12-19-8-5-7-18-9-6-16-26-23(18)19/h5-17H,1-4H3/b15-12+. The molecule has 1 aromatic heterocycles. The van der Waals surface area contributed by atoms with Gasteiger partial charge in [-0.2, -0.15) is 0 Å². The van der Waals surface area contributed by atoms with Crippen LogP contribution in [-0.4, -0.2) is 22.8 Å². The molecule has 0 spiro atoms. The lowest BCUT2D eigenvalue weighted by atomic mass is 9.86. The Labute approximate surface area is 171 Å². The van der Waals surface area contributed by atoms with Gasteiger partial charge in [-0.05, 0) is 30.0 Å². The van der Waals surface area contributed by atoms with Gasteiger partial charge < -0.3 is 4.74 Å². The summed E-state index contributed by atoms with van der Waals surface area (Å²) >= 11 is 0. The van der Waals surface area contributed by atoms with Crippen molar-refractivity contribution in [1.29, 1.82) is 0 Å².